The molecule has 0 heterocycles. The Morgan fingerprint density at radius 3 is 2.50 bits per heavy atom. The molecule has 1 rings (SSSR count). The quantitative estimate of drug-likeness (QED) is 0.689. The van der Waals surface area contributed by atoms with Crippen molar-refractivity contribution < 1.29 is 8.42 Å². The third-order valence-corrected chi connectivity index (χ3v) is 4.58. The van der Waals surface area contributed by atoms with Gasteiger partial charge in [0.25, 0.3) is 0 Å². The molecule has 2 N–H and O–H groups in total. The molecule has 20 heavy (non-hydrogen) atoms. The zero-order chi connectivity index (χ0) is 15.0. The highest BCUT2D eigenvalue weighted by Gasteiger charge is 2.17. The van der Waals surface area contributed by atoms with E-state index in [1.807, 2.05) is 12.1 Å². The zero-order valence-electron chi connectivity index (χ0n) is 12.6. The van der Waals surface area contributed by atoms with Crippen LogP contribution >= 0.6 is 0 Å². The number of nitrogens with one attached hydrogen (secondary N) is 2. The molecule has 0 unspecified atom stereocenters. The van der Waals surface area contributed by atoms with Gasteiger partial charge in [-0.2, -0.15) is 0 Å². The van der Waals surface area contributed by atoms with E-state index in [9.17, 15) is 8.42 Å². The van der Waals surface area contributed by atoms with Crippen molar-refractivity contribution in [1.82, 2.24) is 10.0 Å². The van der Waals surface area contributed by atoms with Crippen molar-refractivity contribution in [3.05, 3.63) is 29.8 Å². The van der Waals surface area contributed by atoms with E-state index in [1.165, 1.54) is 0 Å². The smallest absolute Gasteiger partial charge is 0.240 e. The number of hydrogen-bond donors (Lipinski definition) is 2. The Labute approximate surface area is 123 Å². The number of hydrogen-bond acceptors (Lipinski definition) is 3. The second kappa shape index (κ2) is 8.39. The summed E-state index contributed by atoms with van der Waals surface area (Å²) in [5.74, 6) is 0.485. The molecule has 0 aromatic heterocycles. The highest BCUT2D eigenvalue weighted by atomic mass is 32.2. The van der Waals surface area contributed by atoms with Gasteiger partial charge in [0, 0.05) is 13.1 Å². The van der Waals surface area contributed by atoms with E-state index in [0.717, 1.165) is 24.9 Å². The van der Waals surface area contributed by atoms with Gasteiger partial charge in [0.05, 0.1) is 4.90 Å². The molecule has 0 aliphatic carbocycles. The van der Waals surface area contributed by atoms with E-state index >= 15 is 0 Å². The van der Waals surface area contributed by atoms with Crippen LogP contribution in [0, 0.1) is 5.92 Å². The van der Waals surface area contributed by atoms with Gasteiger partial charge in [-0.15, -0.1) is 0 Å². The van der Waals surface area contributed by atoms with Crippen molar-refractivity contribution in [2.75, 3.05) is 13.1 Å². The normalized spacial score (nSPS) is 12.0. The average molecular weight is 298 g/mol. The van der Waals surface area contributed by atoms with Gasteiger partial charge in [-0.05, 0) is 36.9 Å². The van der Waals surface area contributed by atoms with Crippen molar-refractivity contribution in [2.45, 2.75) is 45.1 Å². The molecule has 0 saturated heterocycles. The third-order valence-electron chi connectivity index (χ3n) is 3.02. The first-order valence-corrected chi connectivity index (χ1v) is 8.74. The standard InChI is InChI=1S/C15H26N2O2S/c1-4-10-16-12-14-7-5-6-8-15(14)20(18,19)17-11-9-13(2)3/h5-8,13,16-17H,4,9-12H2,1-3H3. The highest BCUT2D eigenvalue weighted by Crippen LogP contribution is 2.15. The van der Waals surface area contributed by atoms with Gasteiger partial charge in [0.15, 0.2) is 0 Å². The van der Waals surface area contributed by atoms with Crippen LogP contribution in [0.15, 0.2) is 29.2 Å². The van der Waals surface area contributed by atoms with Crippen molar-refractivity contribution in [1.29, 1.82) is 0 Å². The molecule has 0 bridgehead atoms. The fraction of sp³-hybridized carbons (Fsp3) is 0.600. The minimum Gasteiger partial charge on any atom is -0.313 e. The van der Waals surface area contributed by atoms with Gasteiger partial charge in [0.1, 0.15) is 0 Å². The molecular weight excluding hydrogens is 272 g/mol. The summed E-state index contributed by atoms with van der Waals surface area (Å²) in [6.45, 7) is 8.19. The van der Waals surface area contributed by atoms with Crippen molar-refractivity contribution in [3.63, 3.8) is 0 Å². The van der Waals surface area contributed by atoms with Gasteiger partial charge in [-0.25, -0.2) is 13.1 Å². The summed E-state index contributed by atoms with van der Waals surface area (Å²) in [6.07, 6.45) is 1.87. The Kier molecular flexibility index (Phi) is 7.19. The van der Waals surface area contributed by atoms with Crippen LogP contribution in [0.3, 0.4) is 0 Å². The van der Waals surface area contributed by atoms with Crippen LogP contribution in [0.4, 0.5) is 0 Å². The first-order valence-electron chi connectivity index (χ1n) is 7.25. The van der Waals surface area contributed by atoms with E-state index < -0.39 is 10.0 Å². The molecule has 1 aromatic carbocycles. The van der Waals surface area contributed by atoms with E-state index in [4.69, 9.17) is 0 Å². The van der Waals surface area contributed by atoms with Crippen LogP contribution in [-0.2, 0) is 16.6 Å². The van der Waals surface area contributed by atoms with Crippen LogP contribution in [0.1, 0.15) is 39.2 Å². The summed E-state index contributed by atoms with van der Waals surface area (Å²) >= 11 is 0. The Balaban J connectivity index is 2.77. The first kappa shape index (κ1) is 17.1. The lowest BCUT2D eigenvalue weighted by molar-refractivity contribution is 0.550. The van der Waals surface area contributed by atoms with Gasteiger partial charge >= 0.3 is 0 Å². The second-order valence-electron chi connectivity index (χ2n) is 5.36. The van der Waals surface area contributed by atoms with E-state index in [1.54, 1.807) is 12.1 Å². The predicted molar refractivity (Wildman–Crippen MR) is 83.1 cm³/mol. The topological polar surface area (TPSA) is 58.2 Å². The summed E-state index contributed by atoms with van der Waals surface area (Å²) in [5, 5.41) is 3.25. The fourth-order valence-electron chi connectivity index (χ4n) is 1.87. The maximum absolute atomic E-state index is 12.3. The lowest BCUT2D eigenvalue weighted by Gasteiger charge is -2.12. The van der Waals surface area contributed by atoms with E-state index in [0.29, 0.717) is 23.9 Å². The largest absolute Gasteiger partial charge is 0.313 e. The summed E-state index contributed by atoms with van der Waals surface area (Å²) in [4.78, 5) is 0.382. The lowest BCUT2D eigenvalue weighted by Crippen LogP contribution is -2.27. The minimum absolute atomic E-state index is 0.382. The van der Waals surface area contributed by atoms with Crippen LogP contribution in [0.25, 0.3) is 0 Å². The molecule has 5 heteroatoms. The highest BCUT2D eigenvalue weighted by molar-refractivity contribution is 7.89. The molecule has 0 saturated carbocycles. The Morgan fingerprint density at radius 1 is 1.15 bits per heavy atom. The lowest BCUT2D eigenvalue weighted by atomic mass is 10.1. The predicted octanol–water partition coefficient (Wildman–Crippen LogP) is 2.51. The number of benzene rings is 1. The van der Waals surface area contributed by atoms with Gasteiger partial charge in [0.2, 0.25) is 10.0 Å². The summed E-state index contributed by atoms with van der Waals surface area (Å²) in [7, 11) is -3.41. The summed E-state index contributed by atoms with van der Waals surface area (Å²) in [6, 6.07) is 7.16. The summed E-state index contributed by atoms with van der Waals surface area (Å²) < 4.78 is 27.3. The van der Waals surface area contributed by atoms with E-state index in [2.05, 4.69) is 30.8 Å². The van der Waals surface area contributed by atoms with Crippen molar-refractivity contribution >= 4 is 10.0 Å². The van der Waals surface area contributed by atoms with Crippen LogP contribution in [0.2, 0.25) is 0 Å². The average Bonchev–Trinajstić information content (AvgIpc) is 2.39. The Morgan fingerprint density at radius 2 is 1.85 bits per heavy atom. The molecule has 0 aliphatic rings. The first-order chi connectivity index (χ1) is 9.47. The van der Waals surface area contributed by atoms with E-state index in [-0.39, 0.29) is 0 Å². The Hall–Kier alpha value is -0.910. The number of rotatable bonds is 9. The van der Waals surface area contributed by atoms with Gasteiger partial charge in [-0.3, -0.25) is 0 Å². The maximum atomic E-state index is 12.3. The van der Waals surface area contributed by atoms with Crippen LogP contribution in [-0.4, -0.2) is 21.5 Å². The molecule has 0 atom stereocenters. The molecule has 0 aliphatic heterocycles. The van der Waals surface area contributed by atoms with Gasteiger partial charge in [-0.1, -0.05) is 39.0 Å². The SMILES string of the molecule is CCCNCc1ccccc1S(=O)(=O)NCCC(C)C. The fourth-order valence-corrected chi connectivity index (χ4v) is 3.16. The van der Waals surface area contributed by atoms with Crippen LogP contribution in [0.5, 0.6) is 0 Å². The molecule has 1 aromatic rings. The molecule has 0 amide bonds. The Bertz CT molecular complexity index is 498. The summed E-state index contributed by atoms with van der Waals surface area (Å²) in [5.41, 5.74) is 0.818. The molecule has 4 nitrogen and oxygen atoms in total. The van der Waals surface area contributed by atoms with Crippen molar-refractivity contribution in [3.8, 4) is 0 Å². The zero-order valence-corrected chi connectivity index (χ0v) is 13.5. The van der Waals surface area contributed by atoms with Crippen LogP contribution < -0.4 is 10.0 Å². The molecule has 0 spiro atoms. The third kappa shape index (κ3) is 5.61. The van der Waals surface area contributed by atoms with Gasteiger partial charge < -0.3 is 5.32 Å². The molecule has 0 fully saturated rings. The number of sulfonamides is 1. The maximum Gasteiger partial charge on any atom is 0.240 e. The minimum atomic E-state index is -3.41. The van der Waals surface area contributed by atoms with Crippen molar-refractivity contribution in [2.24, 2.45) is 5.92 Å². The molecular formula is C15H26N2O2S. The molecule has 114 valence electrons. The molecule has 0 radical (unpaired) electrons. The monoisotopic (exact) mass is 298 g/mol. The second-order valence-corrected chi connectivity index (χ2v) is 7.10.